The van der Waals surface area contributed by atoms with E-state index in [-0.39, 0.29) is 0 Å². The van der Waals surface area contributed by atoms with Gasteiger partial charge in [0, 0.05) is 12.6 Å². The molecule has 0 spiro atoms. The van der Waals surface area contributed by atoms with Crippen molar-refractivity contribution in [3.8, 4) is 0 Å². The van der Waals surface area contributed by atoms with E-state index in [1.54, 1.807) is 0 Å². The largest absolute Gasteiger partial charge is 0.395 e. The van der Waals surface area contributed by atoms with Crippen molar-refractivity contribution in [2.75, 3.05) is 13.7 Å². The SMILES string of the molecule is CN1[CH]CCC1CO. The van der Waals surface area contributed by atoms with Crippen molar-refractivity contribution in [2.24, 2.45) is 0 Å². The summed E-state index contributed by atoms with van der Waals surface area (Å²) in [4.78, 5) is 2.08. The molecule has 1 fully saturated rings. The van der Waals surface area contributed by atoms with Gasteiger partial charge in [0.05, 0.1) is 6.61 Å². The van der Waals surface area contributed by atoms with Crippen LogP contribution in [0, 0.1) is 6.54 Å². The van der Waals surface area contributed by atoms with Crippen LogP contribution < -0.4 is 0 Å². The fraction of sp³-hybridized carbons (Fsp3) is 0.833. The van der Waals surface area contributed by atoms with Gasteiger partial charge in [0.1, 0.15) is 0 Å². The second-order valence-electron chi connectivity index (χ2n) is 2.26. The molecule has 1 unspecified atom stereocenters. The molecule has 1 saturated heterocycles. The van der Waals surface area contributed by atoms with Crippen molar-refractivity contribution in [3.05, 3.63) is 6.54 Å². The maximum Gasteiger partial charge on any atom is 0.0586 e. The van der Waals surface area contributed by atoms with Crippen LogP contribution in [0.1, 0.15) is 12.8 Å². The summed E-state index contributed by atoms with van der Waals surface area (Å²) in [6.45, 7) is 2.42. The Morgan fingerprint density at radius 2 is 2.62 bits per heavy atom. The van der Waals surface area contributed by atoms with Gasteiger partial charge in [0.15, 0.2) is 0 Å². The molecule has 1 rings (SSSR count). The first kappa shape index (κ1) is 6.05. The third-order valence-electron chi connectivity index (χ3n) is 1.70. The van der Waals surface area contributed by atoms with Gasteiger partial charge < -0.3 is 5.11 Å². The first-order valence-electron chi connectivity index (χ1n) is 3.00. The van der Waals surface area contributed by atoms with E-state index in [0.717, 1.165) is 12.8 Å². The molecule has 0 aliphatic carbocycles. The van der Waals surface area contributed by atoms with Gasteiger partial charge in [-0.3, -0.25) is 4.90 Å². The van der Waals surface area contributed by atoms with Gasteiger partial charge in [0.2, 0.25) is 0 Å². The minimum absolute atomic E-state index is 0.299. The molecule has 2 nitrogen and oxygen atoms in total. The van der Waals surface area contributed by atoms with Crippen LogP contribution >= 0.6 is 0 Å². The maximum atomic E-state index is 8.67. The maximum absolute atomic E-state index is 8.67. The van der Waals surface area contributed by atoms with E-state index in [4.69, 9.17) is 5.11 Å². The monoisotopic (exact) mass is 114 g/mol. The van der Waals surface area contributed by atoms with Crippen molar-refractivity contribution in [1.29, 1.82) is 0 Å². The molecule has 1 heterocycles. The van der Waals surface area contributed by atoms with Crippen LogP contribution in [-0.2, 0) is 0 Å². The summed E-state index contributed by atoms with van der Waals surface area (Å²) in [6, 6.07) is 0.398. The molecule has 1 aliphatic rings. The number of aliphatic hydroxyl groups excluding tert-OH is 1. The highest BCUT2D eigenvalue weighted by Gasteiger charge is 2.19. The first-order valence-corrected chi connectivity index (χ1v) is 3.00. The van der Waals surface area contributed by atoms with Gasteiger partial charge in [-0.15, -0.1) is 0 Å². The van der Waals surface area contributed by atoms with Crippen LogP contribution in [0.2, 0.25) is 0 Å². The summed E-state index contributed by atoms with van der Waals surface area (Å²) in [5.41, 5.74) is 0. The molecule has 1 radical (unpaired) electrons. The molecule has 0 amide bonds. The Hall–Kier alpha value is -0.0800. The average molecular weight is 114 g/mol. The summed E-state index contributed by atoms with van der Waals surface area (Å²) in [7, 11) is 2.01. The lowest BCUT2D eigenvalue weighted by Gasteiger charge is -2.14. The minimum Gasteiger partial charge on any atom is -0.395 e. The highest BCUT2D eigenvalue weighted by molar-refractivity contribution is 4.82. The summed E-state index contributed by atoms with van der Waals surface area (Å²) < 4.78 is 0. The predicted molar refractivity (Wildman–Crippen MR) is 32.2 cm³/mol. The second-order valence-corrected chi connectivity index (χ2v) is 2.26. The third kappa shape index (κ3) is 1.01. The number of likely N-dealkylation sites (N-methyl/N-ethyl adjacent to an activating group) is 1. The summed E-state index contributed by atoms with van der Waals surface area (Å²) >= 11 is 0. The fourth-order valence-electron chi connectivity index (χ4n) is 1.04. The highest BCUT2D eigenvalue weighted by atomic mass is 16.3. The van der Waals surface area contributed by atoms with E-state index < -0.39 is 0 Å². The smallest absolute Gasteiger partial charge is 0.0586 e. The summed E-state index contributed by atoms with van der Waals surface area (Å²) in [5, 5.41) is 8.67. The van der Waals surface area contributed by atoms with Crippen molar-refractivity contribution in [2.45, 2.75) is 18.9 Å². The highest BCUT2D eigenvalue weighted by Crippen LogP contribution is 2.16. The lowest BCUT2D eigenvalue weighted by atomic mass is 10.2. The van der Waals surface area contributed by atoms with Gasteiger partial charge in [-0.05, 0) is 19.9 Å². The lowest BCUT2D eigenvalue weighted by Crippen LogP contribution is -2.25. The standard InChI is InChI=1S/C6H12NO/c1-7-4-2-3-6(7)5-8/h4,6,8H,2-3,5H2,1H3. The molecular formula is C6H12NO. The van der Waals surface area contributed by atoms with Gasteiger partial charge in [0.25, 0.3) is 0 Å². The predicted octanol–water partition coefficient (Wildman–Crippen LogP) is 0.235. The van der Waals surface area contributed by atoms with E-state index >= 15 is 0 Å². The Balaban J connectivity index is 2.30. The molecule has 1 atom stereocenters. The third-order valence-corrected chi connectivity index (χ3v) is 1.70. The zero-order chi connectivity index (χ0) is 5.98. The van der Waals surface area contributed by atoms with Crippen LogP contribution in [0.4, 0.5) is 0 Å². The van der Waals surface area contributed by atoms with Gasteiger partial charge in [-0.25, -0.2) is 0 Å². The molecule has 0 bridgehead atoms. The summed E-state index contributed by atoms with van der Waals surface area (Å²) in [5.74, 6) is 0. The van der Waals surface area contributed by atoms with Crippen molar-refractivity contribution < 1.29 is 5.11 Å². The van der Waals surface area contributed by atoms with Crippen LogP contribution in [0.25, 0.3) is 0 Å². The fourth-order valence-corrected chi connectivity index (χ4v) is 1.04. The first-order chi connectivity index (χ1) is 3.84. The lowest BCUT2D eigenvalue weighted by molar-refractivity contribution is 0.193. The van der Waals surface area contributed by atoms with Gasteiger partial charge in [-0.1, -0.05) is 0 Å². The van der Waals surface area contributed by atoms with Crippen LogP contribution in [-0.4, -0.2) is 29.7 Å². The molecule has 0 aromatic carbocycles. The Morgan fingerprint density at radius 3 is 2.88 bits per heavy atom. The molecule has 0 aromatic heterocycles. The molecule has 1 N–H and O–H groups in total. The number of hydrogen-bond acceptors (Lipinski definition) is 2. The van der Waals surface area contributed by atoms with Crippen LogP contribution in [0.15, 0.2) is 0 Å². The summed E-state index contributed by atoms with van der Waals surface area (Å²) in [6.07, 6.45) is 2.24. The van der Waals surface area contributed by atoms with Crippen molar-refractivity contribution >= 4 is 0 Å². The molecule has 1 aliphatic heterocycles. The number of likely N-dealkylation sites (tertiary alicyclic amines) is 1. The zero-order valence-corrected chi connectivity index (χ0v) is 5.17. The van der Waals surface area contributed by atoms with Gasteiger partial charge in [-0.2, -0.15) is 0 Å². The van der Waals surface area contributed by atoms with E-state index in [1.165, 1.54) is 0 Å². The Kier molecular flexibility index (Phi) is 1.86. The average Bonchev–Trinajstić information content (AvgIpc) is 2.14. The van der Waals surface area contributed by atoms with E-state index in [0.29, 0.717) is 12.6 Å². The number of rotatable bonds is 1. The van der Waals surface area contributed by atoms with E-state index in [1.807, 2.05) is 7.05 Å². The topological polar surface area (TPSA) is 23.5 Å². The molecule has 47 valence electrons. The Bertz CT molecular complexity index is 74.9. The molecule has 8 heavy (non-hydrogen) atoms. The van der Waals surface area contributed by atoms with Gasteiger partial charge >= 0.3 is 0 Å². The number of nitrogens with zero attached hydrogens (tertiary/aromatic N) is 1. The molecule has 0 aromatic rings. The van der Waals surface area contributed by atoms with Crippen LogP contribution in [0.5, 0.6) is 0 Å². The van der Waals surface area contributed by atoms with E-state index in [2.05, 4.69) is 11.4 Å². The van der Waals surface area contributed by atoms with E-state index in [9.17, 15) is 0 Å². The number of aliphatic hydroxyl groups is 1. The quantitative estimate of drug-likeness (QED) is 0.527. The Labute approximate surface area is 50.1 Å². The van der Waals surface area contributed by atoms with Crippen LogP contribution in [0.3, 0.4) is 0 Å². The zero-order valence-electron chi connectivity index (χ0n) is 5.17. The molecule has 2 heteroatoms. The van der Waals surface area contributed by atoms with Crippen molar-refractivity contribution in [3.63, 3.8) is 0 Å². The molecular weight excluding hydrogens is 102 g/mol. The second kappa shape index (κ2) is 2.46. The Morgan fingerprint density at radius 1 is 1.88 bits per heavy atom. The number of hydrogen-bond donors (Lipinski definition) is 1. The normalized spacial score (nSPS) is 31.5. The van der Waals surface area contributed by atoms with Crippen molar-refractivity contribution in [1.82, 2.24) is 4.90 Å². The minimum atomic E-state index is 0.299. The molecule has 0 saturated carbocycles.